The average Bonchev–Trinajstić information content (AvgIpc) is 2.72. The van der Waals surface area contributed by atoms with Crippen LogP contribution in [-0.2, 0) is 13.5 Å². The van der Waals surface area contributed by atoms with Crippen LogP contribution in [0.25, 0.3) is 0 Å². The topological polar surface area (TPSA) is 29.9 Å². The van der Waals surface area contributed by atoms with Gasteiger partial charge in [-0.3, -0.25) is 0 Å². The number of thioether (sulfide) groups is 2. The van der Waals surface area contributed by atoms with E-state index >= 15 is 0 Å². The van der Waals surface area contributed by atoms with E-state index < -0.39 is 0 Å². The lowest BCUT2D eigenvalue weighted by Crippen LogP contribution is -2.30. The Kier molecular flexibility index (Phi) is 5.06. The molecular weight excluding hydrogens is 238 g/mol. The van der Waals surface area contributed by atoms with Gasteiger partial charge in [0.1, 0.15) is 5.82 Å². The Morgan fingerprint density at radius 3 is 3.19 bits per heavy atom. The van der Waals surface area contributed by atoms with Crippen LogP contribution in [0.3, 0.4) is 0 Å². The summed E-state index contributed by atoms with van der Waals surface area (Å²) < 4.78 is 2.09. The van der Waals surface area contributed by atoms with Crippen LogP contribution >= 0.6 is 23.5 Å². The third-order valence-electron chi connectivity index (χ3n) is 2.70. The van der Waals surface area contributed by atoms with Crippen molar-refractivity contribution >= 4 is 23.5 Å². The molecule has 1 saturated heterocycles. The fourth-order valence-electron chi connectivity index (χ4n) is 1.76. The molecule has 0 bridgehead atoms. The zero-order chi connectivity index (χ0) is 11.2. The summed E-state index contributed by atoms with van der Waals surface area (Å²) >= 11 is 4.19. The molecule has 5 heteroatoms. The second-order valence-corrected chi connectivity index (χ2v) is 6.53. The first-order chi connectivity index (χ1) is 7.86. The van der Waals surface area contributed by atoms with Crippen LogP contribution in [0.4, 0.5) is 0 Å². The Balaban J connectivity index is 1.59. The van der Waals surface area contributed by atoms with Crippen LogP contribution in [0.2, 0.25) is 0 Å². The molecule has 1 aliphatic rings. The van der Waals surface area contributed by atoms with E-state index in [1.54, 1.807) is 0 Å². The molecule has 0 radical (unpaired) electrons. The van der Waals surface area contributed by atoms with Crippen LogP contribution in [-0.4, -0.2) is 45.1 Å². The number of aryl methyl sites for hydroxylation is 1. The van der Waals surface area contributed by atoms with Gasteiger partial charge in [0.2, 0.25) is 0 Å². The van der Waals surface area contributed by atoms with Gasteiger partial charge < -0.3 is 9.88 Å². The summed E-state index contributed by atoms with van der Waals surface area (Å²) in [6, 6.07) is 0. The summed E-state index contributed by atoms with van der Waals surface area (Å²) in [5.74, 6) is 5.11. The van der Waals surface area contributed by atoms with Crippen molar-refractivity contribution in [2.45, 2.75) is 11.7 Å². The Bertz CT molecular complexity index is 308. The van der Waals surface area contributed by atoms with Crippen molar-refractivity contribution in [2.75, 3.05) is 30.3 Å². The highest BCUT2D eigenvalue weighted by atomic mass is 32.2. The summed E-state index contributed by atoms with van der Waals surface area (Å²) in [6.07, 6.45) is 4.89. The summed E-state index contributed by atoms with van der Waals surface area (Å²) in [5.41, 5.74) is 0. The highest BCUT2D eigenvalue weighted by Gasteiger charge is 2.13. The van der Waals surface area contributed by atoms with E-state index in [0.717, 1.165) is 30.6 Å². The molecule has 16 heavy (non-hydrogen) atoms. The fourth-order valence-corrected chi connectivity index (χ4v) is 4.40. The molecule has 0 spiro atoms. The number of aromatic nitrogens is 2. The molecule has 1 unspecified atom stereocenters. The smallest absolute Gasteiger partial charge is 0.109 e. The van der Waals surface area contributed by atoms with Crippen molar-refractivity contribution in [3.05, 3.63) is 18.2 Å². The van der Waals surface area contributed by atoms with Crippen molar-refractivity contribution in [3.63, 3.8) is 0 Å². The first-order valence-electron chi connectivity index (χ1n) is 5.72. The molecule has 1 aliphatic heterocycles. The molecule has 2 heterocycles. The highest BCUT2D eigenvalue weighted by Crippen LogP contribution is 2.23. The molecule has 0 saturated carbocycles. The third-order valence-corrected chi connectivity index (χ3v) is 5.55. The Hall–Kier alpha value is -0.130. The van der Waals surface area contributed by atoms with Gasteiger partial charge in [-0.15, -0.1) is 0 Å². The van der Waals surface area contributed by atoms with Gasteiger partial charge in [-0.05, 0) is 0 Å². The molecule has 1 atom stereocenters. The van der Waals surface area contributed by atoms with Crippen LogP contribution in [0, 0.1) is 0 Å². The maximum Gasteiger partial charge on any atom is 0.109 e. The predicted molar refractivity (Wildman–Crippen MR) is 73.4 cm³/mol. The normalized spacial score (nSPS) is 21.2. The maximum atomic E-state index is 4.31. The summed E-state index contributed by atoms with van der Waals surface area (Å²) in [7, 11) is 2.05. The highest BCUT2D eigenvalue weighted by molar-refractivity contribution is 8.06. The van der Waals surface area contributed by atoms with Crippen molar-refractivity contribution in [3.8, 4) is 0 Å². The zero-order valence-electron chi connectivity index (χ0n) is 9.69. The molecule has 0 aromatic carbocycles. The lowest BCUT2D eigenvalue weighted by Gasteiger charge is -2.21. The molecule has 2 rings (SSSR count). The van der Waals surface area contributed by atoms with Crippen LogP contribution < -0.4 is 5.32 Å². The standard InChI is InChI=1S/C11H19N3S2/c1-14-5-4-13-11(14)2-3-12-8-10-9-15-6-7-16-10/h4-5,10,12H,2-3,6-9H2,1H3. The number of imidazole rings is 1. The van der Waals surface area contributed by atoms with Crippen LogP contribution in [0.15, 0.2) is 12.4 Å². The SMILES string of the molecule is Cn1ccnc1CCNCC1CSCCS1. The van der Waals surface area contributed by atoms with E-state index in [9.17, 15) is 0 Å². The van der Waals surface area contributed by atoms with Gasteiger partial charge in [0, 0.05) is 61.5 Å². The Labute approximate surface area is 106 Å². The second-order valence-electron chi connectivity index (χ2n) is 3.98. The van der Waals surface area contributed by atoms with Gasteiger partial charge in [0.05, 0.1) is 0 Å². The first kappa shape index (κ1) is 12.3. The van der Waals surface area contributed by atoms with Gasteiger partial charge in [-0.25, -0.2) is 4.98 Å². The average molecular weight is 257 g/mol. The predicted octanol–water partition coefficient (Wildman–Crippen LogP) is 1.40. The minimum absolute atomic E-state index is 0.806. The molecule has 90 valence electrons. The molecule has 1 N–H and O–H groups in total. The largest absolute Gasteiger partial charge is 0.338 e. The zero-order valence-corrected chi connectivity index (χ0v) is 11.3. The summed E-state index contributed by atoms with van der Waals surface area (Å²) in [4.78, 5) is 4.31. The van der Waals surface area contributed by atoms with Gasteiger partial charge in [0.25, 0.3) is 0 Å². The van der Waals surface area contributed by atoms with Gasteiger partial charge in [0.15, 0.2) is 0 Å². The third kappa shape index (κ3) is 3.71. The molecule has 1 aromatic rings. The summed E-state index contributed by atoms with van der Waals surface area (Å²) in [6.45, 7) is 2.18. The van der Waals surface area contributed by atoms with E-state index in [-0.39, 0.29) is 0 Å². The first-order valence-corrected chi connectivity index (χ1v) is 7.93. The Morgan fingerprint density at radius 2 is 2.50 bits per heavy atom. The van der Waals surface area contributed by atoms with Gasteiger partial charge >= 0.3 is 0 Å². The van der Waals surface area contributed by atoms with Crippen molar-refractivity contribution < 1.29 is 0 Å². The van der Waals surface area contributed by atoms with E-state index in [0.29, 0.717) is 0 Å². The van der Waals surface area contributed by atoms with Gasteiger partial charge in [-0.2, -0.15) is 23.5 Å². The minimum Gasteiger partial charge on any atom is -0.338 e. The quantitative estimate of drug-likeness (QED) is 0.808. The second kappa shape index (κ2) is 6.57. The van der Waals surface area contributed by atoms with Crippen LogP contribution in [0.1, 0.15) is 5.82 Å². The van der Waals surface area contributed by atoms with Crippen molar-refractivity contribution in [1.82, 2.24) is 14.9 Å². The van der Waals surface area contributed by atoms with E-state index in [4.69, 9.17) is 0 Å². The number of nitrogens with zero attached hydrogens (tertiary/aromatic N) is 2. The minimum atomic E-state index is 0.806. The number of hydrogen-bond donors (Lipinski definition) is 1. The van der Waals surface area contributed by atoms with E-state index in [2.05, 4.69) is 45.4 Å². The van der Waals surface area contributed by atoms with E-state index in [1.807, 2.05) is 12.4 Å². The monoisotopic (exact) mass is 257 g/mol. The number of hydrogen-bond acceptors (Lipinski definition) is 4. The Morgan fingerprint density at radius 1 is 1.56 bits per heavy atom. The lowest BCUT2D eigenvalue weighted by molar-refractivity contribution is 0.652. The lowest BCUT2D eigenvalue weighted by atomic mass is 10.4. The number of nitrogens with one attached hydrogen (secondary N) is 1. The molecule has 1 fully saturated rings. The van der Waals surface area contributed by atoms with E-state index in [1.165, 1.54) is 17.3 Å². The molecule has 3 nitrogen and oxygen atoms in total. The van der Waals surface area contributed by atoms with Crippen molar-refractivity contribution in [1.29, 1.82) is 0 Å². The molecule has 1 aromatic heterocycles. The van der Waals surface area contributed by atoms with Gasteiger partial charge in [-0.1, -0.05) is 0 Å². The maximum absolute atomic E-state index is 4.31. The molecule has 0 aliphatic carbocycles. The molecule has 0 amide bonds. The summed E-state index contributed by atoms with van der Waals surface area (Å²) in [5, 5.41) is 4.34. The van der Waals surface area contributed by atoms with Crippen LogP contribution in [0.5, 0.6) is 0 Å². The number of rotatable bonds is 5. The van der Waals surface area contributed by atoms with Crippen molar-refractivity contribution in [2.24, 2.45) is 7.05 Å². The fraction of sp³-hybridized carbons (Fsp3) is 0.727. The molecular formula is C11H19N3S2.